The second-order valence-corrected chi connectivity index (χ2v) is 8.39. The van der Waals surface area contributed by atoms with Crippen LogP contribution in [-0.4, -0.2) is 44.9 Å². The van der Waals surface area contributed by atoms with Gasteiger partial charge in [-0.1, -0.05) is 17.8 Å². The van der Waals surface area contributed by atoms with E-state index >= 15 is 0 Å². The minimum absolute atomic E-state index is 0.107. The molecule has 0 aliphatic rings. The van der Waals surface area contributed by atoms with Gasteiger partial charge in [0.05, 0.1) is 23.0 Å². The molecule has 2 N–H and O–H groups in total. The van der Waals surface area contributed by atoms with Gasteiger partial charge in [-0.3, -0.25) is 14.2 Å². The van der Waals surface area contributed by atoms with Crippen LogP contribution in [0.3, 0.4) is 0 Å². The van der Waals surface area contributed by atoms with Crippen molar-refractivity contribution in [1.82, 2.24) is 14.8 Å². The molecule has 3 rings (SSSR count). The molecule has 2 heterocycles. The van der Waals surface area contributed by atoms with Crippen LogP contribution in [0.2, 0.25) is 0 Å². The summed E-state index contributed by atoms with van der Waals surface area (Å²) in [4.78, 5) is 36.1. The number of nitrogens with zero attached hydrogens (tertiary/aromatic N) is 3. The van der Waals surface area contributed by atoms with Crippen molar-refractivity contribution in [2.24, 2.45) is 0 Å². The fourth-order valence-electron chi connectivity index (χ4n) is 2.68. The fraction of sp³-hybridized carbons (Fsp3) is 0.250. The van der Waals surface area contributed by atoms with Crippen molar-refractivity contribution in [1.29, 1.82) is 0 Å². The number of rotatable bonds is 8. The number of hydrogen-bond acceptors (Lipinski definition) is 8. The van der Waals surface area contributed by atoms with Crippen molar-refractivity contribution < 1.29 is 19.1 Å². The van der Waals surface area contributed by atoms with Crippen molar-refractivity contribution in [2.75, 3.05) is 23.0 Å². The number of thioether (sulfide) groups is 1. The molecule has 31 heavy (non-hydrogen) atoms. The van der Waals surface area contributed by atoms with Crippen LogP contribution in [0.5, 0.6) is 0 Å². The second kappa shape index (κ2) is 10.2. The highest BCUT2D eigenvalue weighted by molar-refractivity contribution is 7.99. The lowest BCUT2D eigenvalue weighted by Crippen LogP contribution is -2.13. The van der Waals surface area contributed by atoms with Gasteiger partial charge in [-0.2, -0.15) is 0 Å². The molecule has 1 aromatic carbocycles. The largest absolute Gasteiger partial charge is 0.462 e. The van der Waals surface area contributed by atoms with E-state index in [0.717, 1.165) is 11.3 Å². The molecule has 162 valence electrons. The number of carbonyl (C=O) groups is 3. The number of nitrogens with one attached hydrogen (secondary N) is 2. The van der Waals surface area contributed by atoms with Crippen LogP contribution >= 0.6 is 23.1 Å². The molecule has 0 aliphatic carbocycles. The smallest absolute Gasteiger partial charge is 0.348 e. The Morgan fingerprint density at radius 3 is 2.77 bits per heavy atom. The average Bonchev–Trinajstić information content (AvgIpc) is 3.32. The summed E-state index contributed by atoms with van der Waals surface area (Å²) in [5.41, 5.74) is 2.16. The minimum Gasteiger partial charge on any atom is -0.462 e. The minimum atomic E-state index is -0.394. The number of carbonyl (C=O) groups excluding carboxylic acids is 3. The lowest BCUT2D eigenvalue weighted by molar-refractivity contribution is -0.114. The van der Waals surface area contributed by atoms with E-state index in [-0.39, 0.29) is 17.6 Å². The Morgan fingerprint density at radius 2 is 2.03 bits per heavy atom. The molecule has 9 nitrogen and oxygen atoms in total. The summed E-state index contributed by atoms with van der Waals surface area (Å²) in [7, 11) is 0. The third kappa shape index (κ3) is 5.92. The lowest BCUT2D eigenvalue weighted by atomic mass is 10.2. The lowest BCUT2D eigenvalue weighted by Gasteiger charge is -2.08. The molecule has 2 amide bonds. The zero-order valence-corrected chi connectivity index (χ0v) is 18.8. The molecule has 11 heteroatoms. The highest BCUT2D eigenvalue weighted by Crippen LogP contribution is 2.28. The first-order valence-corrected chi connectivity index (χ1v) is 11.2. The summed E-state index contributed by atoms with van der Waals surface area (Å²) >= 11 is 2.41. The molecule has 0 aliphatic heterocycles. The van der Waals surface area contributed by atoms with Gasteiger partial charge in [0.2, 0.25) is 11.8 Å². The van der Waals surface area contributed by atoms with Crippen LogP contribution in [0, 0.1) is 6.92 Å². The predicted octanol–water partition coefficient (Wildman–Crippen LogP) is 3.50. The molecule has 0 unspecified atom stereocenters. The number of benzene rings is 1. The van der Waals surface area contributed by atoms with Crippen LogP contribution in [-0.2, 0) is 14.3 Å². The first kappa shape index (κ1) is 22.5. The van der Waals surface area contributed by atoms with Gasteiger partial charge >= 0.3 is 5.97 Å². The number of esters is 1. The fourth-order valence-corrected chi connectivity index (χ4v) is 4.39. The van der Waals surface area contributed by atoms with E-state index < -0.39 is 5.97 Å². The molecule has 0 radical (unpaired) electrons. The van der Waals surface area contributed by atoms with Crippen molar-refractivity contribution >= 4 is 51.6 Å². The van der Waals surface area contributed by atoms with Gasteiger partial charge in [0.25, 0.3) is 0 Å². The standard InChI is InChI=1S/C20H21N5O4S2/c1-4-29-19(28)18-12(2)8-17(31-18)23-16(27)10-30-20-24-21-11-25(20)15-7-5-6-14(9-15)22-13(3)26/h5-9,11H,4,10H2,1-3H3,(H,22,26)(H,23,27). The van der Waals surface area contributed by atoms with Gasteiger partial charge in [-0.15, -0.1) is 21.5 Å². The molecule has 0 spiro atoms. The Balaban J connectivity index is 1.64. The van der Waals surface area contributed by atoms with Crippen LogP contribution in [0.1, 0.15) is 29.1 Å². The number of amides is 2. The predicted molar refractivity (Wildman–Crippen MR) is 120 cm³/mol. The third-order valence-corrected chi connectivity index (χ3v) is 6.01. The maximum atomic E-state index is 12.4. The van der Waals surface area contributed by atoms with Crippen molar-refractivity contribution in [2.45, 2.75) is 25.9 Å². The molecule has 0 fully saturated rings. The molecule has 3 aromatic rings. The summed E-state index contributed by atoms with van der Waals surface area (Å²) in [5.74, 6) is -0.685. The number of hydrogen-bond donors (Lipinski definition) is 2. The second-order valence-electron chi connectivity index (χ2n) is 6.40. The van der Waals surface area contributed by atoms with Crippen molar-refractivity contribution in [3.05, 3.63) is 47.1 Å². The third-order valence-electron chi connectivity index (χ3n) is 3.93. The maximum Gasteiger partial charge on any atom is 0.348 e. The van der Waals surface area contributed by atoms with E-state index in [1.807, 2.05) is 12.1 Å². The highest BCUT2D eigenvalue weighted by atomic mass is 32.2. The zero-order chi connectivity index (χ0) is 22.4. The van der Waals surface area contributed by atoms with Gasteiger partial charge in [-0.05, 0) is 43.7 Å². The molecular formula is C20H21N5O4S2. The summed E-state index contributed by atoms with van der Waals surface area (Å²) in [6.45, 7) is 5.28. The van der Waals surface area contributed by atoms with Gasteiger partial charge in [0.15, 0.2) is 5.16 Å². The van der Waals surface area contributed by atoms with E-state index in [4.69, 9.17) is 4.74 Å². The van der Waals surface area contributed by atoms with Crippen molar-refractivity contribution in [3.63, 3.8) is 0 Å². The number of ether oxygens (including phenoxy) is 1. The van der Waals surface area contributed by atoms with E-state index in [2.05, 4.69) is 20.8 Å². The number of aromatic nitrogens is 3. The summed E-state index contributed by atoms with van der Waals surface area (Å²) < 4.78 is 6.76. The highest BCUT2D eigenvalue weighted by Gasteiger charge is 2.17. The average molecular weight is 460 g/mol. The molecular weight excluding hydrogens is 438 g/mol. The Labute approximate surface area is 187 Å². The topological polar surface area (TPSA) is 115 Å². The Hall–Kier alpha value is -3.18. The van der Waals surface area contributed by atoms with Gasteiger partial charge in [-0.25, -0.2) is 4.79 Å². The monoisotopic (exact) mass is 459 g/mol. The number of anilines is 2. The maximum absolute atomic E-state index is 12.4. The van der Waals surface area contributed by atoms with E-state index in [0.29, 0.717) is 27.3 Å². The Kier molecular flexibility index (Phi) is 7.42. The molecule has 0 atom stereocenters. The first-order valence-electron chi connectivity index (χ1n) is 9.35. The SMILES string of the molecule is CCOC(=O)c1sc(NC(=O)CSc2nncn2-c2cccc(NC(C)=O)c2)cc1C. The number of aryl methyl sites for hydroxylation is 1. The van der Waals surface area contributed by atoms with Crippen LogP contribution < -0.4 is 10.6 Å². The molecule has 0 bridgehead atoms. The van der Waals surface area contributed by atoms with Gasteiger partial charge in [0, 0.05) is 12.6 Å². The van der Waals surface area contributed by atoms with Gasteiger partial charge < -0.3 is 15.4 Å². The van der Waals surface area contributed by atoms with E-state index in [1.54, 1.807) is 42.9 Å². The van der Waals surface area contributed by atoms with Gasteiger partial charge in [0.1, 0.15) is 11.2 Å². The zero-order valence-electron chi connectivity index (χ0n) is 17.2. The normalized spacial score (nSPS) is 10.5. The summed E-state index contributed by atoms with van der Waals surface area (Å²) in [6, 6.07) is 8.98. The quantitative estimate of drug-likeness (QED) is 0.391. The summed E-state index contributed by atoms with van der Waals surface area (Å²) in [6.07, 6.45) is 1.54. The van der Waals surface area contributed by atoms with Crippen LogP contribution in [0.4, 0.5) is 10.7 Å². The number of thiophene rings is 1. The van der Waals surface area contributed by atoms with Crippen LogP contribution in [0.15, 0.2) is 41.8 Å². The van der Waals surface area contributed by atoms with Crippen LogP contribution in [0.25, 0.3) is 5.69 Å². The molecule has 0 saturated heterocycles. The first-order chi connectivity index (χ1) is 14.9. The van der Waals surface area contributed by atoms with E-state index in [9.17, 15) is 14.4 Å². The van der Waals surface area contributed by atoms with E-state index in [1.165, 1.54) is 30.0 Å². The van der Waals surface area contributed by atoms with Crippen molar-refractivity contribution in [3.8, 4) is 5.69 Å². The Bertz CT molecular complexity index is 1110. The summed E-state index contributed by atoms with van der Waals surface area (Å²) in [5, 5.41) is 14.6. The molecule has 0 saturated carbocycles. The Morgan fingerprint density at radius 1 is 1.23 bits per heavy atom. The molecule has 2 aromatic heterocycles.